The molecule has 0 atom stereocenters. The van der Waals surface area contributed by atoms with Crippen molar-refractivity contribution in [3.63, 3.8) is 0 Å². The average Bonchev–Trinajstić information content (AvgIpc) is 4.10. The van der Waals surface area contributed by atoms with Crippen LogP contribution in [0.2, 0.25) is 26.2 Å². The fourth-order valence-corrected chi connectivity index (χ4v) is 18.7. The van der Waals surface area contributed by atoms with Crippen LogP contribution in [-0.4, -0.2) is 16.1 Å². The van der Waals surface area contributed by atoms with Crippen LogP contribution in [-0.2, 0) is 10.8 Å². The second-order valence-electron chi connectivity index (χ2n) is 24.3. The van der Waals surface area contributed by atoms with Crippen molar-refractivity contribution in [1.29, 1.82) is 0 Å². The molecule has 9 aromatic carbocycles. The van der Waals surface area contributed by atoms with E-state index in [1.165, 1.54) is 65.3 Å². The van der Waals surface area contributed by atoms with Crippen LogP contribution in [0.3, 0.4) is 0 Å². The Kier molecular flexibility index (Phi) is 10.1. The summed E-state index contributed by atoms with van der Waals surface area (Å²) in [5.41, 5.74) is 21.0. The molecule has 0 radical (unpaired) electrons. The van der Waals surface area contributed by atoms with Gasteiger partial charge in [-0.05, 0) is 139 Å². The van der Waals surface area contributed by atoms with E-state index < -0.39 is 16.1 Å². The largest absolute Gasteiger partial charge is 0.455 e. The molecule has 0 unspecified atom stereocenters. The molecule has 0 bridgehead atoms. The molecule has 74 heavy (non-hydrogen) atoms. The quantitative estimate of drug-likeness (QED) is 0.155. The van der Waals surface area contributed by atoms with Gasteiger partial charge < -0.3 is 18.6 Å². The van der Waals surface area contributed by atoms with Gasteiger partial charge in [0.25, 0.3) is 0 Å². The number of furan rings is 2. The first-order valence-corrected chi connectivity index (χ1v) is 32.4. The van der Waals surface area contributed by atoms with E-state index in [4.69, 9.17) is 8.83 Å². The predicted octanol–water partition coefficient (Wildman–Crippen LogP) is 17.2. The standard InChI is InChI=1S/C68H64N2O2Si2/c1-41-21-13-17-25-51(41)69(45-33-29-43(30-34-45)67(3,4)5)53-39-59-63(65-61(53)47-23-15-19-27-55(47)71-65)49-37-58-50(38-57(49)73(59,9)10)64-60(74(58,11)12)40-54(62-48-24-16-20-28-56(48)72-66(62)64)70(52-26-18-14-22-42(52)2)46-35-31-44(32-36-46)68(6,7)8/h13-40H,1-12H3. The van der Waals surface area contributed by atoms with Crippen LogP contribution in [0.15, 0.2) is 179 Å². The van der Waals surface area contributed by atoms with Crippen LogP contribution in [0.5, 0.6) is 0 Å². The SMILES string of the molecule is Cc1ccccc1N(c1ccc(C(C)(C)C)cc1)c1cc2c(c3oc4ccccc4c13)-c1cc3c(cc1[Si]2(C)C)-c1c(cc(N(c2ccc(C(C)(C)C)cc2)c2ccccc2C)c2c1oc1ccccc12)[Si]3(C)C. The van der Waals surface area contributed by atoms with E-state index in [9.17, 15) is 0 Å². The van der Waals surface area contributed by atoms with Gasteiger partial charge in [-0.25, -0.2) is 0 Å². The Morgan fingerprint density at radius 1 is 0.378 bits per heavy atom. The third-order valence-corrected chi connectivity index (χ3v) is 23.8. The van der Waals surface area contributed by atoms with Crippen LogP contribution in [0, 0.1) is 13.8 Å². The van der Waals surface area contributed by atoms with Crippen LogP contribution in [0.25, 0.3) is 66.1 Å². The highest BCUT2D eigenvalue weighted by Gasteiger charge is 2.47. The molecule has 2 aliphatic rings. The van der Waals surface area contributed by atoms with Gasteiger partial charge >= 0.3 is 0 Å². The Morgan fingerprint density at radius 3 is 1.09 bits per heavy atom. The molecule has 4 heterocycles. The zero-order valence-corrected chi connectivity index (χ0v) is 46.9. The number of benzene rings is 9. The Morgan fingerprint density at radius 2 is 0.730 bits per heavy atom. The van der Waals surface area contributed by atoms with Crippen LogP contribution in [0.1, 0.15) is 63.8 Å². The van der Waals surface area contributed by atoms with Crippen molar-refractivity contribution >= 4 is 115 Å². The molecule has 13 rings (SSSR count). The minimum atomic E-state index is -2.44. The molecule has 2 aromatic heterocycles. The monoisotopic (exact) mass is 996 g/mol. The van der Waals surface area contributed by atoms with Gasteiger partial charge in [-0.3, -0.25) is 0 Å². The maximum Gasteiger partial charge on any atom is 0.145 e. The van der Waals surface area contributed by atoms with Gasteiger partial charge in [-0.15, -0.1) is 0 Å². The molecule has 0 saturated carbocycles. The minimum absolute atomic E-state index is 0.0340. The summed E-state index contributed by atoms with van der Waals surface area (Å²) in [6.45, 7) is 28.4. The van der Waals surface area contributed by atoms with E-state index in [0.29, 0.717) is 0 Å². The maximum absolute atomic E-state index is 7.27. The minimum Gasteiger partial charge on any atom is -0.455 e. The highest BCUT2D eigenvalue weighted by molar-refractivity contribution is 7.06. The zero-order chi connectivity index (χ0) is 51.4. The summed E-state index contributed by atoms with van der Waals surface area (Å²) >= 11 is 0. The van der Waals surface area contributed by atoms with E-state index in [1.807, 2.05) is 0 Å². The molecule has 2 aliphatic heterocycles. The molecular formula is C68H64N2O2Si2. The number of nitrogens with zero attached hydrogens (tertiary/aromatic N) is 2. The van der Waals surface area contributed by atoms with E-state index in [2.05, 4.69) is 261 Å². The Balaban J connectivity index is 1.06. The number of fused-ring (bicyclic) bond motifs is 14. The molecule has 0 spiro atoms. The first-order valence-electron chi connectivity index (χ1n) is 26.4. The Bertz CT molecular complexity index is 3850. The lowest BCUT2D eigenvalue weighted by Gasteiger charge is -2.30. The van der Waals surface area contributed by atoms with Gasteiger partial charge in [-0.1, -0.05) is 177 Å². The molecular weight excluding hydrogens is 933 g/mol. The summed E-state index contributed by atoms with van der Waals surface area (Å²) in [6, 6.07) is 63.8. The number of anilines is 6. The Hall–Kier alpha value is -7.39. The molecule has 11 aromatic rings. The predicted molar refractivity (Wildman–Crippen MR) is 322 cm³/mol. The maximum atomic E-state index is 7.27. The zero-order valence-electron chi connectivity index (χ0n) is 44.9. The fourth-order valence-electron chi connectivity index (χ4n) is 12.6. The van der Waals surface area contributed by atoms with Crippen molar-refractivity contribution in [2.24, 2.45) is 0 Å². The normalized spacial score (nSPS) is 14.4. The van der Waals surface area contributed by atoms with Gasteiger partial charge in [0.1, 0.15) is 38.5 Å². The molecule has 0 N–H and O–H groups in total. The molecule has 0 aliphatic carbocycles. The van der Waals surface area contributed by atoms with Gasteiger partial charge in [0, 0.05) is 44.6 Å². The van der Waals surface area contributed by atoms with E-state index in [1.54, 1.807) is 0 Å². The lowest BCUT2D eigenvalue weighted by Crippen LogP contribution is -2.51. The molecule has 366 valence electrons. The number of aryl methyl sites for hydroxylation is 2. The number of hydrogen-bond donors (Lipinski definition) is 0. The smallest absolute Gasteiger partial charge is 0.145 e. The molecule has 0 saturated heterocycles. The Labute approximate surface area is 437 Å². The van der Waals surface area contributed by atoms with E-state index in [-0.39, 0.29) is 10.8 Å². The van der Waals surface area contributed by atoms with Crippen molar-refractivity contribution in [2.45, 2.75) is 92.4 Å². The fraction of sp³-hybridized carbons (Fsp3) is 0.206. The van der Waals surface area contributed by atoms with Crippen molar-refractivity contribution in [3.05, 3.63) is 192 Å². The van der Waals surface area contributed by atoms with E-state index >= 15 is 0 Å². The highest BCUT2D eigenvalue weighted by atomic mass is 28.3. The lowest BCUT2D eigenvalue weighted by molar-refractivity contribution is 0.590. The summed E-state index contributed by atoms with van der Waals surface area (Å²) in [5.74, 6) is 0. The topological polar surface area (TPSA) is 32.8 Å². The highest BCUT2D eigenvalue weighted by Crippen LogP contribution is 2.51. The third-order valence-electron chi connectivity index (χ3n) is 16.8. The second kappa shape index (κ2) is 16.1. The summed E-state index contributed by atoms with van der Waals surface area (Å²) in [4.78, 5) is 5.00. The molecule has 0 amide bonds. The van der Waals surface area contributed by atoms with Crippen LogP contribution < -0.4 is 30.5 Å². The molecule has 6 heteroatoms. The first-order chi connectivity index (χ1) is 35.3. The number of rotatable bonds is 6. The van der Waals surface area contributed by atoms with Crippen LogP contribution >= 0.6 is 0 Å². The van der Waals surface area contributed by atoms with Crippen LogP contribution in [0.4, 0.5) is 34.1 Å². The number of hydrogen-bond acceptors (Lipinski definition) is 4. The van der Waals surface area contributed by atoms with Crippen molar-refractivity contribution in [2.75, 3.05) is 9.80 Å². The lowest BCUT2D eigenvalue weighted by atomic mass is 9.87. The van der Waals surface area contributed by atoms with Crippen molar-refractivity contribution < 1.29 is 8.83 Å². The van der Waals surface area contributed by atoms with Crippen molar-refractivity contribution in [3.8, 4) is 22.3 Å². The summed E-state index contributed by atoms with van der Waals surface area (Å²) in [5, 5.41) is 10.3. The van der Waals surface area contributed by atoms with Gasteiger partial charge in [0.15, 0.2) is 0 Å². The first kappa shape index (κ1) is 46.4. The van der Waals surface area contributed by atoms with Gasteiger partial charge in [0.2, 0.25) is 0 Å². The number of para-hydroxylation sites is 4. The van der Waals surface area contributed by atoms with Crippen molar-refractivity contribution in [1.82, 2.24) is 0 Å². The van der Waals surface area contributed by atoms with E-state index in [0.717, 1.165) is 78.0 Å². The van der Waals surface area contributed by atoms with Gasteiger partial charge in [0.05, 0.1) is 22.1 Å². The average molecular weight is 997 g/mol. The second-order valence-corrected chi connectivity index (χ2v) is 32.9. The molecule has 0 fully saturated rings. The molecule has 4 nitrogen and oxygen atoms in total. The summed E-state index contributed by atoms with van der Waals surface area (Å²) in [7, 11) is -4.87. The third kappa shape index (κ3) is 6.76. The summed E-state index contributed by atoms with van der Waals surface area (Å²) < 4.78 is 14.5. The van der Waals surface area contributed by atoms with Gasteiger partial charge in [-0.2, -0.15) is 0 Å². The summed E-state index contributed by atoms with van der Waals surface area (Å²) in [6.07, 6.45) is 0.